The van der Waals surface area contributed by atoms with Crippen molar-refractivity contribution >= 4 is 11.8 Å². The zero-order valence-electron chi connectivity index (χ0n) is 27.2. The van der Waals surface area contributed by atoms with Gasteiger partial charge >= 0.3 is 0 Å². The summed E-state index contributed by atoms with van der Waals surface area (Å²) in [5, 5.41) is 53.5. The van der Waals surface area contributed by atoms with Crippen LogP contribution in [-0.4, -0.2) is 82.7 Å². The molecule has 5 rings (SSSR count). The van der Waals surface area contributed by atoms with Gasteiger partial charge in [0.1, 0.15) is 28.6 Å². The van der Waals surface area contributed by atoms with Gasteiger partial charge in [0.05, 0.1) is 17.7 Å². The lowest BCUT2D eigenvalue weighted by atomic mass is 9.79. The van der Waals surface area contributed by atoms with E-state index < -0.39 is 17.1 Å². The van der Waals surface area contributed by atoms with Crippen LogP contribution in [0.25, 0.3) is 17.1 Å². The minimum Gasteiger partial charge on any atom is -0.508 e. The number of hydrogen-bond acceptors (Lipinski definition) is 9. The Morgan fingerprint density at radius 1 is 0.936 bits per heavy atom. The number of likely N-dealkylation sites (tertiary alicyclic amines) is 1. The number of aliphatic hydroxyl groups is 2. The summed E-state index contributed by atoms with van der Waals surface area (Å²) in [6, 6.07) is 16.4. The van der Waals surface area contributed by atoms with Crippen LogP contribution in [0.4, 0.5) is 0 Å². The van der Waals surface area contributed by atoms with Crippen LogP contribution in [-0.2, 0) is 0 Å². The third-order valence-electron chi connectivity index (χ3n) is 8.66. The van der Waals surface area contributed by atoms with Crippen molar-refractivity contribution in [3.8, 4) is 40.1 Å². The van der Waals surface area contributed by atoms with Crippen LogP contribution in [0, 0.1) is 0 Å². The third kappa shape index (κ3) is 6.79. The highest BCUT2D eigenvalue weighted by Gasteiger charge is 2.47. The number of aromatic nitrogens is 3. The summed E-state index contributed by atoms with van der Waals surface area (Å²) < 4.78 is 7.57. The Morgan fingerprint density at radius 3 is 2.17 bits per heavy atom. The summed E-state index contributed by atoms with van der Waals surface area (Å²) in [5.74, 6) is 0.258. The summed E-state index contributed by atoms with van der Waals surface area (Å²) in [5.41, 5.74) is -0.822. The average molecular weight is 644 g/mol. The molecule has 0 bridgehead atoms. The normalized spacial score (nSPS) is 19.5. The summed E-state index contributed by atoms with van der Waals surface area (Å²) >= 11 is 0. The van der Waals surface area contributed by atoms with Gasteiger partial charge in [-0.05, 0) is 92.8 Å². The molecule has 12 heteroatoms. The molecule has 2 unspecified atom stereocenters. The zero-order chi connectivity index (χ0) is 34.1. The van der Waals surface area contributed by atoms with Gasteiger partial charge in [-0.2, -0.15) is 0 Å². The van der Waals surface area contributed by atoms with Gasteiger partial charge in [0, 0.05) is 30.4 Å². The standard InChI is InChI=1S/C35H41N5O7/c1-6-16-36-32(43)31-38-37-30(27-18-26(21(2)3)28(41)19-29(27)42)40(31)23-9-13-25(14-10-23)47-24-11-7-22(8-12-24)33(44)39-17-15-34(4,45)35(5,46)20-39/h7-14,18-19,21,41-42,45-46H,6,15-17,20H2,1-5H3,(H,36,43). The number of β-amino-alcohol motifs (C(OH)–C–C–N with tert-alkyl or cyclic N) is 1. The molecular weight excluding hydrogens is 602 g/mol. The molecule has 1 fully saturated rings. The predicted molar refractivity (Wildman–Crippen MR) is 175 cm³/mol. The van der Waals surface area contributed by atoms with E-state index >= 15 is 0 Å². The van der Waals surface area contributed by atoms with Crippen LogP contribution in [0.15, 0.2) is 60.7 Å². The monoisotopic (exact) mass is 643 g/mol. The summed E-state index contributed by atoms with van der Waals surface area (Å²) in [6.07, 6.45) is 0.994. The fourth-order valence-corrected chi connectivity index (χ4v) is 5.47. The molecule has 0 radical (unpaired) electrons. The Labute approximate surface area is 273 Å². The van der Waals surface area contributed by atoms with E-state index in [1.807, 2.05) is 20.8 Å². The Balaban J connectivity index is 1.39. The number of nitrogens with zero attached hydrogens (tertiary/aromatic N) is 4. The highest BCUT2D eigenvalue weighted by atomic mass is 16.5. The number of phenols is 2. The van der Waals surface area contributed by atoms with Gasteiger partial charge in [0.25, 0.3) is 11.8 Å². The molecule has 47 heavy (non-hydrogen) atoms. The van der Waals surface area contributed by atoms with Crippen LogP contribution in [0.1, 0.15) is 79.9 Å². The highest BCUT2D eigenvalue weighted by Crippen LogP contribution is 2.38. The summed E-state index contributed by atoms with van der Waals surface area (Å²) in [4.78, 5) is 27.7. The first-order valence-electron chi connectivity index (χ1n) is 15.6. The lowest BCUT2D eigenvalue weighted by Gasteiger charge is -2.47. The second-order valence-corrected chi connectivity index (χ2v) is 12.7. The fourth-order valence-electron chi connectivity index (χ4n) is 5.47. The molecule has 4 aromatic rings. The third-order valence-corrected chi connectivity index (χ3v) is 8.66. The van der Waals surface area contributed by atoms with E-state index in [0.29, 0.717) is 47.0 Å². The molecule has 1 aliphatic heterocycles. The molecule has 1 saturated heterocycles. The number of benzene rings is 3. The SMILES string of the molecule is CCCNC(=O)c1nnc(-c2cc(C(C)C)c(O)cc2O)n1-c1ccc(Oc2ccc(C(=O)N3CCC(C)(O)C(C)(O)C3)cc2)cc1. The minimum absolute atomic E-state index is 0.0187. The molecule has 2 heterocycles. The van der Waals surface area contributed by atoms with Crippen molar-refractivity contribution in [3.63, 3.8) is 0 Å². The minimum atomic E-state index is -1.43. The molecule has 3 aromatic carbocycles. The second-order valence-electron chi connectivity index (χ2n) is 12.7. The first-order chi connectivity index (χ1) is 22.2. The van der Waals surface area contributed by atoms with Gasteiger partial charge in [-0.3, -0.25) is 14.2 Å². The number of piperidine rings is 1. The average Bonchev–Trinajstić information content (AvgIpc) is 3.46. The quantitative estimate of drug-likeness (QED) is 0.173. The predicted octanol–water partition coefficient (Wildman–Crippen LogP) is 4.75. The number of aromatic hydroxyl groups is 2. The topological polar surface area (TPSA) is 170 Å². The van der Waals surface area contributed by atoms with Crippen molar-refractivity contribution in [1.29, 1.82) is 0 Å². The summed E-state index contributed by atoms with van der Waals surface area (Å²) in [7, 11) is 0. The molecule has 0 spiro atoms. The lowest BCUT2D eigenvalue weighted by Crippen LogP contribution is -2.62. The number of rotatable bonds is 9. The van der Waals surface area contributed by atoms with Gasteiger partial charge in [-0.15, -0.1) is 10.2 Å². The molecule has 248 valence electrons. The van der Waals surface area contributed by atoms with E-state index in [0.717, 1.165) is 6.42 Å². The smallest absolute Gasteiger partial charge is 0.289 e. The van der Waals surface area contributed by atoms with E-state index in [9.17, 15) is 30.0 Å². The number of ether oxygens (including phenoxy) is 1. The summed E-state index contributed by atoms with van der Waals surface area (Å²) in [6.45, 7) is 9.67. The number of hydrogen-bond donors (Lipinski definition) is 5. The van der Waals surface area contributed by atoms with Gasteiger partial charge < -0.3 is 35.4 Å². The molecular formula is C35H41N5O7. The fraction of sp³-hybridized carbons (Fsp3) is 0.371. The van der Waals surface area contributed by atoms with Gasteiger partial charge in [-0.25, -0.2) is 0 Å². The highest BCUT2D eigenvalue weighted by molar-refractivity contribution is 5.94. The molecule has 1 aliphatic rings. The Hall–Kier alpha value is -4.94. The van der Waals surface area contributed by atoms with Crippen molar-refractivity contribution in [2.75, 3.05) is 19.6 Å². The van der Waals surface area contributed by atoms with Gasteiger partial charge in [0.15, 0.2) is 5.82 Å². The van der Waals surface area contributed by atoms with Crippen LogP contribution >= 0.6 is 0 Å². The van der Waals surface area contributed by atoms with E-state index in [1.165, 1.54) is 17.9 Å². The van der Waals surface area contributed by atoms with Gasteiger partial charge in [-0.1, -0.05) is 20.8 Å². The van der Waals surface area contributed by atoms with Crippen LogP contribution in [0.2, 0.25) is 0 Å². The maximum atomic E-state index is 13.1. The zero-order valence-corrected chi connectivity index (χ0v) is 27.2. The molecule has 5 N–H and O–H groups in total. The van der Waals surface area contributed by atoms with Crippen LogP contribution in [0.3, 0.4) is 0 Å². The Bertz CT molecular complexity index is 1760. The van der Waals surface area contributed by atoms with Crippen LogP contribution in [0.5, 0.6) is 23.0 Å². The van der Waals surface area contributed by atoms with Crippen molar-refractivity contribution in [1.82, 2.24) is 25.0 Å². The van der Waals surface area contributed by atoms with E-state index in [1.54, 1.807) is 66.1 Å². The Morgan fingerprint density at radius 2 is 1.57 bits per heavy atom. The van der Waals surface area contributed by atoms with Crippen molar-refractivity contribution < 1.29 is 34.8 Å². The van der Waals surface area contributed by atoms with Crippen LogP contribution < -0.4 is 10.1 Å². The molecule has 0 saturated carbocycles. The maximum absolute atomic E-state index is 13.1. The number of nitrogens with one attached hydrogen (secondary N) is 1. The largest absolute Gasteiger partial charge is 0.508 e. The molecule has 1 aromatic heterocycles. The van der Waals surface area contributed by atoms with E-state index in [4.69, 9.17) is 4.74 Å². The number of amides is 2. The molecule has 0 aliphatic carbocycles. The maximum Gasteiger partial charge on any atom is 0.289 e. The number of carbonyl (C=O) groups excluding carboxylic acids is 2. The van der Waals surface area contributed by atoms with Crippen molar-refractivity contribution in [2.24, 2.45) is 0 Å². The first kappa shape index (κ1) is 33.4. The van der Waals surface area contributed by atoms with E-state index in [-0.39, 0.29) is 47.9 Å². The van der Waals surface area contributed by atoms with Gasteiger partial charge in [0.2, 0.25) is 5.82 Å². The molecule has 2 atom stereocenters. The second kappa shape index (κ2) is 13.0. The molecule has 2 amide bonds. The first-order valence-corrected chi connectivity index (χ1v) is 15.6. The Kier molecular flexibility index (Phi) is 9.28. The van der Waals surface area contributed by atoms with Crippen molar-refractivity contribution in [2.45, 2.75) is 64.6 Å². The van der Waals surface area contributed by atoms with Crippen molar-refractivity contribution in [3.05, 3.63) is 77.6 Å². The van der Waals surface area contributed by atoms with E-state index in [2.05, 4.69) is 15.5 Å². The lowest BCUT2D eigenvalue weighted by molar-refractivity contribution is -0.163. The number of phenolic OH excluding ortho intramolecular Hbond substituents is 2. The number of carbonyl (C=O) groups is 2. The molecule has 12 nitrogen and oxygen atoms in total.